The average Bonchev–Trinajstić information content (AvgIpc) is 2.96. The van der Waals surface area contributed by atoms with Gasteiger partial charge in [-0.2, -0.15) is 0 Å². The number of hydrogen-bond acceptors (Lipinski definition) is 2. The highest BCUT2D eigenvalue weighted by Gasteiger charge is 2.56. The first-order valence-electron chi connectivity index (χ1n) is 9.10. The van der Waals surface area contributed by atoms with Crippen molar-refractivity contribution in [3.05, 3.63) is 35.4 Å². The van der Waals surface area contributed by atoms with Gasteiger partial charge in [0.2, 0.25) is 0 Å². The maximum absolute atomic E-state index is 6.34. The zero-order chi connectivity index (χ0) is 14.7. The first kappa shape index (κ1) is 13.6. The van der Waals surface area contributed by atoms with E-state index in [4.69, 9.17) is 9.47 Å². The van der Waals surface area contributed by atoms with Crippen molar-refractivity contribution in [3.63, 3.8) is 0 Å². The quantitative estimate of drug-likeness (QED) is 0.704. The van der Waals surface area contributed by atoms with Crippen molar-refractivity contribution in [2.45, 2.75) is 57.2 Å². The molecule has 1 aliphatic heterocycles. The summed E-state index contributed by atoms with van der Waals surface area (Å²) in [7, 11) is 0. The number of ether oxygens (including phenoxy) is 2. The number of rotatable bonds is 0. The molecule has 3 fully saturated rings. The Morgan fingerprint density at radius 2 is 1.82 bits per heavy atom. The zero-order valence-electron chi connectivity index (χ0n) is 13.5. The van der Waals surface area contributed by atoms with Crippen LogP contribution in [0.1, 0.15) is 62.2 Å². The Morgan fingerprint density at radius 3 is 2.73 bits per heavy atom. The first-order chi connectivity index (χ1) is 10.8. The molecule has 118 valence electrons. The van der Waals surface area contributed by atoms with Gasteiger partial charge in [-0.1, -0.05) is 37.6 Å². The Balaban J connectivity index is 1.64. The zero-order valence-corrected chi connectivity index (χ0v) is 13.5. The van der Waals surface area contributed by atoms with Crippen LogP contribution in [0.15, 0.2) is 24.3 Å². The van der Waals surface area contributed by atoms with Crippen molar-refractivity contribution in [1.29, 1.82) is 0 Å². The summed E-state index contributed by atoms with van der Waals surface area (Å²) in [5.74, 6) is 2.19. The van der Waals surface area contributed by atoms with E-state index in [0.717, 1.165) is 19.1 Å². The third-order valence-corrected chi connectivity index (χ3v) is 7.18. The first-order valence-corrected chi connectivity index (χ1v) is 9.10. The molecule has 2 nitrogen and oxygen atoms in total. The molecule has 3 aliphatic carbocycles. The molecule has 22 heavy (non-hydrogen) atoms. The van der Waals surface area contributed by atoms with Crippen LogP contribution in [0.4, 0.5) is 0 Å². The Hall–Kier alpha value is -0.860. The largest absolute Gasteiger partial charge is 0.372 e. The predicted octanol–water partition coefficient (Wildman–Crippen LogP) is 4.46. The second-order valence-corrected chi connectivity index (χ2v) is 8.13. The van der Waals surface area contributed by atoms with E-state index < -0.39 is 0 Å². The van der Waals surface area contributed by atoms with Gasteiger partial charge in [0, 0.05) is 0 Å². The fourth-order valence-corrected chi connectivity index (χ4v) is 6.23. The van der Waals surface area contributed by atoms with Crippen LogP contribution in [-0.2, 0) is 9.47 Å². The van der Waals surface area contributed by atoms with Gasteiger partial charge < -0.3 is 9.47 Å². The second kappa shape index (κ2) is 4.82. The molecule has 2 unspecified atom stereocenters. The van der Waals surface area contributed by atoms with Crippen LogP contribution in [0.3, 0.4) is 0 Å². The summed E-state index contributed by atoms with van der Waals surface area (Å²) in [6.07, 6.45) is 7.41. The van der Waals surface area contributed by atoms with Gasteiger partial charge in [-0.3, -0.25) is 0 Å². The predicted molar refractivity (Wildman–Crippen MR) is 85.8 cm³/mol. The van der Waals surface area contributed by atoms with Crippen LogP contribution in [0.5, 0.6) is 0 Å². The van der Waals surface area contributed by atoms with Crippen LogP contribution in [0.2, 0.25) is 0 Å². The summed E-state index contributed by atoms with van der Waals surface area (Å²) in [6.45, 7) is 4.06. The fraction of sp³-hybridized carbons (Fsp3) is 0.700. The molecular formula is C20H26O2. The lowest BCUT2D eigenvalue weighted by molar-refractivity contribution is -0.191. The summed E-state index contributed by atoms with van der Waals surface area (Å²) in [4.78, 5) is 0. The van der Waals surface area contributed by atoms with Gasteiger partial charge in [0.05, 0.1) is 19.3 Å². The number of fused-ring (bicyclic) bond motifs is 8. The Labute approximate surface area is 133 Å². The van der Waals surface area contributed by atoms with Crippen molar-refractivity contribution in [1.82, 2.24) is 0 Å². The summed E-state index contributed by atoms with van der Waals surface area (Å²) >= 11 is 0. The molecule has 0 radical (unpaired) electrons. The highest BCUT2D eigenvalue weighted by atomic mass is 16.6. The topological polar surface area (TPSA) is 18.5 Å². The van der Waals surface area contributed by atoms with E-state index in [1.807, 2.05) is 0 Å². The summed E-state index contributed by atoms with van der Waals surface area (Å²) in [5, 5.41) is 0. The van der Waals surface area contributed by atoms with E-state index in [1.54, 1.807) is 5.56 Å². The fourth-order valence-electron chi connectivity index (χ4n) is 6.23. The van der Waals surface area contributed by atoms with Crippen LogP contribution >= 0.6 is 0 Å². The van der Waals surface area contributed by atoms with Crippen LogP contribution in [-0.4, -0.2) is 19.3 Å². The minimum Gasteiger partial charge on any atom is -0.372 e. The van der Waals surface area contributed by atoms with E-state index in [-0.39, 0.29) is 12.2 Å². The van der Waals surface area contributed by atoms with E-state index in [0.29, 0.717) is 17.3 Å². The van der Waals surface area contributed by atoms with Crippen molar-refractivity contribution in [2.24, 2.45) is 17.3 Å². The van der Waals surface area contributed by atoms with Crippen LogP contribution in [0.25, 0.3) is 0 Å². The third-order valence-electron chi connectivity index (χ3n) is 7.18. The van der Waals surface area contributed by atoms with Crippen molar-refractivity contribution >= 4 is 0 Å². The Kier molecular flexibility index (Phi) is 2.97. The van der Waals surface area contributed by atoms with E-state index >= 15 is 0 Å². The Morgan fingerprint density at radius 1 is 1.00 bits per heavy atom. The molecule has 6 atom stereocenters. The summed E-state index contributed by atoms with van der Waals surface area (Å²) in [6, 6.07) is 9.01. The Bertz CT molecular complexity index is 583. The normalized spacial score (nSPS) is 46.3. The monoisotopic (exact) mass is 298 g/mol. The summed E-state index contributed by atoms with van der Waals surface area (Å²) in [5.41, 5.74) is 3.53. The molecule has 2 heteroatoms. The molecule has 4 aliphatic rings. The molecule has 2 saturated carbocycles. The molecule has 0 bridgehead atoms. The van der Waals surface area contributed by atoms with Gasteiger partial charge in [-0.15, -0.1) is 0 Å². The molecule has 5 rings (SSSR count). The maximum atomic E-state index is 6.34. The SMILES string of the molecule is C[C@@]12CCC[C@H]1[C@@H]1C3OCCOC3c3ccccc3[C@H]1CC2. The van der Waals surface area contributed by atoms with E-state index in [9.17, 15) is 0 Å². The van der Waals surface area contributed by atoms with Gasteiger partial charge in [0.1, 0.15) is 6.10 Å². The molecule has 1 aromatic rings. The molecular weight excluding hydrogens is 272 g/mol. The average molecular weight is 298 g/mol. The molecule has 1 saturated heterocycles. The highest BCUT2D eigenvalue weighted by molar-refractivity contribution is 5.38. The van der Waals surface area contributed by atoms with Gasteiger partial charge in [-0.25, -0.2) is 0 Å². The van der Waals surface area contributed by atoms with Crippen molar-refractivity contribution in [2.75, 3.05) is 13.2 Å². The smallest absolute Gasteiger partial charge is 0.109 e. The van der Waals surface area contributed by atoms with Crippen molar-refractivity contribution < 1.29 is 9.47 Å². The molecule has 0 aromatic heterocycles. The molecule has 1 heterocycles. The summed E-state index contributed by atoms with van der Waals surface area (Å²) < 4.78 is 12.6. The third kappa shape index (κ3) is 1.74. The number of hydrogen-bond donors (Lipinski definition) is 0. The standard InChI is InChI=1S/C20H26O2/c1-20-9-4-7-16(20)17-14(8-10-20)13-5-2-3-6-15(13)18-19(17)22-12-11-21-18/h2-3,5-6,14,16-19H,4,7-12H2,1H3/t14-,16+,17-,18?,19?,20+/m1/s1. The second-order valence-electron chi connectivity index (χ2n) is 8.13. The van der Waals surface area contributed by atoms with Crippen LogP contribution < -0.4 is 0 Å². The lowest BCUT2D eigenvalue weighted by Crippen LogP contribution is -2.51. The van der Waals surface area contributed by atoms with Gasteiger partial charge in [0.25, 0.3) is 0 Å². The van der Waals surface area contributed by atoms with Gasteiger partial charge >= 0.3 is 0 Å². The molecule has 0 spiro atoms. The minimum absolute atomic E-state index is 0.175. The number of benzene rings is 1. The maximum Gasteiger partial charge on any atom is 0.109 e. The molecule has 0 N–H and O–H groups in total. The lowest BCUT2D eigenvalue weighted by atomic mass is 9.54. The van der Waals surface area contributed by atoms with Gasteiger partial charge in [-0.05, 0) is 60.0 Å². The van der Waals surface area contributed by atoms with E-state index in [2.05, 4.69) is 31.2 Å². The highest BCUT2D eigenvalue weighted by Crippen LogP contribution is 2.63. The molecule has 0 amide bonds. The van der Waals surface area contributed by atoms with Crippen molar-refractivity contribution in [3.8, 4) is 0 Å². The van der Waals surface area contributed by atoms with Gasteiger partial charge in [0.15, 0.2) is 0 Å². The minimum atomic E-state index is 0.175. The van der Waals surface area contributed by atoms with E-state index in [1.165, 1.54) is 37.7 Å². The molecule has 1 aromatic carbocycles. The van der Waals surface area contributed by atoms with Crippen LogP contribution in [0, 0.1) is 17.3 Å². The lowest BCUT2D eigenvalue weighted by Gasteiger charge is -2.54.